The fourth-order valence-electron chi connectivity index (χ4n) is 3.17. The van der Waals surface area contributed by atoms with Crippen molar-refractivity contribution < 1.29 is 8.78 Å². The monoisotopic (exact) mass is 189 g/mol. The summed E-state index contributed by atoms with van der Waals surface area (Å²) in [5, 5.41) is 0. The van der Waals surface area contributed by atoms with Crippen molar-refractivity contribution in [2.45, 2.75) is 44.6 Å². The smallest absolute Gasteiger partial charge is 0.256 e. The van der Waals surface area contributed by atoms with E-state index in [1.165, 1.54) is 13.3 Å². The van der Waals surface area contributed by atoms with Gasteiger partial charge in [0.05, 0.1) is 5.54 Å². The lowest BCUT2D eigenvalue weighted by molar-refractivity contribution is 0.0114. The van der Waals surface area contributed by atoms with Crippen molar-refractivity contribution in [2.24, 2.45) is 23.5 Å². The van der Waals surface area contributed by atoms with Crippen molar-refractivity contribution in [3.63, 3.8) is 0 Å². The maximum atomic E-state index is 12.7. The number of fused-ring (bicyclic) bond motifs is 2. The van der Waals surface area contributed by atoms with Crippen LogP contribution in [0, 0.1) is 17.8 Å². The minimum Gasteiger partial charge on any atom is -0.320 e. The van der Waals surface area contributed by atoms with E-state index in [-0.39, 0.29) is 5.92 Å². The summed E-state index contributed by atoms with van der Waals surface area (Å²) in [6, 6.07) is 0. The van der Waals surface area contributed by atoms with E-state index in [9.17, 15) is 8.78 Å². The van der Waals surface area contributed by atoms with Gasteiger partial charge in [0, 0.05) is 0 Å². The molecule has 0 radical (unpaired) electrons. The molecule has 2 saturated carbocycles. The average Bonchev–Trinajstić information content (AvgIpc) is 2.63. The van der Waals surface area contributed by atoms with Gasteiger partial charge in [0.2, 0.25) is 0 Å². The van der Waals surface area contributed by atoms with Crippen molar-refractivity contribution in [1.29, 1.82) is 0 Å². The Bertz CT molecular complexity index is 203. The Balaban J connectivity index is 2.09. The van der Waals surface area contributed by atoms with Crippen LogP contribution in [0.1, 0.15) is 32.6 Å². The molecular weight excluding hydrogens is 172 g/mol. The van der Waals surface area contributed by atoms with Crippen LogP contribution >= 0.6 is 0 Å². The molecule has 0 aromatic rings. The quantitative estimate of drug-likeness (QED) is 0.709. The number of halogens is 2. The third kappa shape index (κ3) is 1.37. The Kier molecular flexibility index (Phi) is 2.10. The topological polar surface area (TPSA) is 26.0 Å². The van der Waals surface area contributed by atoms with E-state index in [2.05, 4.69) is 0 Å². The summed E-state index contributed by atoms with van der Waals surface area (Å²) in [7, 11) is 0. The first-order chi connectivity index (χ1) is 6.01. The van der Waals surface area contributed by atoms with Crippen molar-refractivity contribution in [3.8, 4) is 0 Å². The van der Waals surface area contributed by atoms with Gasteiger partial charge in [-0.25, -0.2) is 8.78 Å². The molecule has 0 aromatic heterocycles. The SMILES string of the molecule is CC(N)(C(F)F)C1CC2CCC1C2. The van der Waals surface area contributed by atoms with E-state index in [1.54, 1.807) is 0 Å². The summed E-state index contributed by atoms with van der Waals surface area (Å²) >= 11 is 0. The summed E-state index contributed by atoms with van der Waals surface area (Å²) in [5.41, 5.74) is 4.45. The van der Waals surface area contributed by atoms with Gasteiger partial charge >= 0.3 is 0 Å². The van der Waals surface area contributed by atoms with Crippen molar-refractivity contribution in [2.75, 3.05) is 0 Å². The number of hydrogen-bond donors (Lipinski definition) is 1. The Hall–Kier alpha value is -0.180. The molecule has 76 valence electrons. The molecular formula is C10H17F2N. The van der Waals surface area contributed by atoms with Crippen molar-refractivity contribution in [3.05, 3.63) is 0 Å². The van der Waals surface area contributed by atoms with Gasteiger partial charge in [-0.1, -0.05) is 6.42 Å². The predicted molar refractivity (Wildman–Crippen MR) is 47.5 cm³/mol. The van der Waals surface area contributed by atoms with E-state index >= 15 is 0 Å². The zero-order valence-corrected chi connectivity index (χ0v) is 7.97. The highest BCUT2D eigenvalue weighted by atomic mass is 19.3. The minimum atomic E-state index is -2.38. The number of nitrogens with two attached hydrogens (primary N) is 1. The van der Waals surface area contributed by atoms with Crippen LogP contribution in [0.4, 0.5) is 8.78 Å². The molecule has 0 saturated heterocycles. The van der Waals surface area contributed by atoms with Crippen LogP contribution in [0.25, 0.3) is 0 Å². The molecule has 0 aromatic carbocycles. The maximum absolute atomic E-state index is 12.7. The molecule has 0 amide bonds. The number of rotatable bonds is 2. The van der Waals surface area contributed by atoms with E-state index in [1.807, 2.05) is 0 Å². The van der Waals surface area contributed by atoms with Crippen LogP contribution in [-0.4, -0.2) is 12.0 Å². The Morgan fingerprint density at radius 1 is 1.31 bits per heavy atom. The van der Waals surface area contributed by atoms with Crippen molar-refractivity contribution >= 4 is 0 Å². The summed E-state index contributed by atoms with van der Waals surface area (Å²) in [4.78, 5) is 0. The lowest BCUT2D eigenvalue weighted by atomic mass is 9.76. The number of hydrogen-bond acceptors (Lipinski definition) is 1. The van der Waals surface area contributed by atoms with Gasteiger partial charge < -0.3 is 5.73 Å². The normalized spacial score (nSPS) is 42.7. The molecule has 2 fully saturated rings. The van der Waals surface area contributed by atoms with Crippen LogP contribution < -0.4 is 5.73 Å². The van der Waals surface area contributed by atoms with Crippen LogP contribution in [0.3, 0.4) is 0 Å². The molecule has 13 heavy (non-hydrogen) atoms. The third-order valence-electron chi connectivity index (χ3n) is 4.01. The molecule has 0 aliphatic heterocycles. The lowest BCUT2D eigenvalue weighted by Gasteiger charge is -2.36. The summed E-state index contributed by atoms with van der Waals surface area (Å²) in [6.45, 7) is 1.52. The zero-order valence-electron chi connectivity index (χ0n) is 7.97. The lowest BCUT2D eigenvalue weighted by Crippen LogP contribution is -2.52. The second kappa shape index (κ2) is 2.91. The fraction of sp³-hybridized carbons (Fsp3) is 1.00. The Labute approximate surface area is 77.7 Å². The predicted octanol–water partition coefficient (Wildman–Crippen LogP) is 2.41. The minimum absolute atomic E-state index is 0.0613. The van der Waals surface area contributed by atoms with Gasteiger partial charge in [-0.2, -0.15) is 0 Å². The molecule has 2 bridgehead atoms. The highest BCUT2D eigenvalue weighted by molar-refractivity contribution is 5.01. The first kappa shape index (κ1) is 9.38. The first-order valence-corrected chi connectivity index (χ1v) is 5.09. The van der Waals surface area contributed by atoms with Gasteiger partial charge in [-0.05, 0) is 43.9 Å². The maximum Gasteiger partial charge on any atom is 0.256 e. The molecule has 3 heteroatoms. The Morgan fingerprint density at radius 2 is 2.00 bits per heavy atom. The van der Waals surface area contributed by atoms with E-state index in [0.29, 0.717) is 11.8 Å². The molecule has 2 N–H and O–H groups in total. The summed E-state index contributed by atoms with van der Waals surface area (Å²) < 4.78 is 25.3. The molecule has 4 unspecified atom stereocenters. The second-order valence-corrected chi connectivity index (χ2v) is 4.95. The largest absolute Gasteiger partial charge is 0.320 e. The van der Waals surface area contributed by atoms with Crippen molar-refractivity contribution in [1.82, 2.24) is 0 Å². The molecule has 0 heterocycles. The molecule has 2 rings (SSSR count). The van der Waals surface area contributed by atoms with Gasteiger partial charge in [0.25, 0.3) is 6.43 Å². The van der Waals surface area contributed by atoms with Gasteiger partial charge in [0.15, 0.2) is 0 Å². The van der Waals surface area contributed by atoms with Gasteiger partial charge in [0.1, 0.15) is 0 Å². The third-order valence-corrected chi connectivity index (χ3v) is 4.01. The Morgan fingerprint density at radius 3 is 2.38 bits per heavy atom. The van der Waals surface area contributed by atoms with Gasteiger partial charge in [-0.3, -0.25) is 0 Å². The standard InChI is InChI=1S/C10H17F2N/c1-10(13,9(11)12)8-5-6-2-3-7(8)4-6/h6-9H,2-5,13H2,1H3. The highest BCUT2D eigenvalue weighted by Gasteiger charge is 2.50. The molecule has 2 aliphatic carbocycles. The highest BCUT2D eigenvalue weighted by Crippen LogP contribution is 2.52. The van der Waals surface area contributed by atoms with E-state index in [0.717, 1.165) is 19.3 Å². The zero-order chi connectivity index (χ0) is 9.64. The molecule has 0 spiro atoms. The fourth-order valence-corrected chi connectivity index (χ4v) is 3.17. The van der Waals surface area contributed by atoms with Crippen LogP contribution in [0.2, 0.25) is 0 Å². The van der Waals surface area contributed by atoms with E-state index in [4.69, 9.17) is 5.73 Å². The van der Waals surface area contributed by atoms with Crippen LogP contribution in [0.15, 0.2) is 0 Å². The van der Waals surface area contributed by atoms with Gasteiger partial charge in [-0.15, -0.1) is 0 Å². The average molecular weight is 189 g/mol. The first-order valence-electron chi connectivity index (χ1n) is 5.09. The second-order valence-electron chi connectivity index (χ2n) is 4.95. The number of alkyl halides is 2. The van der Waals surface area contributed by atoms with Crippen LogP contribution in [0.5, 0.6) is 0 Å². The van der Waals surface area contributed by atoms with E-state index < -0.39 is 12.0 Å². The molecule has 4 atom stereocenters. The summed E-state index contributed by atoms with van der Waals surface area (Å²) in [6.07, 6.45) is 2.05. The summed E-state index contributed by atoms with van der Waals surface area (Å²) in [5.74, 6) is 1.23. The molecule has 2 aliphatic rings. The molecule has 1 nitrogen and oxygen atoms in total. The van der Waals surface area contributed by atoms with Crippen LogP contribution in [-0.2, 0) is 0 Å².